The Morgan fingerprint density at radius 1 is 1.24 bits per heavy atom. The Balaban J connectivity index is 1.96. The first-order chi connectivity index (χ1) is 9.97. The first kappa shape index (κ1) is 15.8. The molecule has 0 aromatic carbocycles. The highest BCUT2D eigenvalue weighted by Crippen LogP contribution is 2.27. The Bertz CT molecular complexity index is 433. The van der Waals surface area contributed by atoms with Gasteiger partial charge >= 0.3 is 5.97 Å². The molecule has 2 fully saturated rings. The number of carbonyl (C=O) groups is 3. The standard InChI is InChI=1S/C15H24N2O4/c1-3-12(4-2)17-9-11(7-13(17)18)14(19)16-6-5-10(8-16)15(20)21/h10-12H,3-9H2,1-2H3,(H,20,21). The van der Waals surface area contributed by atoms with Crippen LogP contribution in [0.25, 0.3) is 0 Å². The number of carboxylic acid groups (broad SMARTS) is 1. The predicted molar refractivity (Wildman–Crippen MR) is 76.5 cm³/mol. The number of likely N-dealkylation sites (tertiary alicyclic amines) is 2. The van der Waals surface area contributed by atoms with Crippen molar-refractivity contribution < 1.29 is 19.5 Å². The summed E-state index contributed by atoms with van der Waals surface area (Å²) in [6.07, 6.45) is 2.57. The van der Waals surface area contributed by atoms with E-state index in [2.05, 4.69) is 13.8 Å². The van der Waals surface area contributed by atoms with Crippen LogP contribution in [0, 0.1) is 11.8 Å². The van der Waals surface area contributed by atoms with Crippen LogP contribution in [0.2, 0.25) is 0 Å². The SMILES string of the molecule is CCC(CC)N1CC(C(=O)N2CCC(C(=O)O)C2)CC1=O. The van der Waals surface area contributed by atoms with Crippen LogP contribution in [0.1, 0.15) is 39.5 Å². The molecule has 2 unspecified atom stereocenters. The van der Waals surface area contributed by atoms with Crippen molar-refractivity contribution in [2.24, 2.45) is 11.8 Å². The van der Waals surface area contributed by atoms with E-state index in [1.807, 2.05) is 4.90 Å². The lowest BCUT2D eigenvalue weighted by atomic mass is 10.1. The second kappa shape index (κ2) is 6.45. The van der Waals surface area contributed by atoms with Crippen molar-refractivity contribution in [1.82, 2.24) is 9.80 Å². The number of aliphatic carboxylic acids is 1. The number of hydrogen-bond acceptors (Lipinski definition) is 3. The highest BCUT2D eigenvalue weighted by atomic mass is 16.4. The highest BCUT2D eigenvalue weighted by Gasteiger charge is 2.41. The highest BCUT2D eigenvalue weighted by molar-refractivity contribution is 5.90. The lowest BCUT2D eigenvalue weighted by Gasteiger charge is -2.26. The lowest BCUT2D eigenvalue weighted by molar-refractivity contribution is -0.141. The van der Waals surface area contributed by atoms with Gasteiger partial charge in [0.15, 0.2) is 0 Å². The summed E-state index contributed by atoms with van der Waals surface area (Å²) >= 11 is 0. The number of amides is 2. The molecule has 0 aliphatic carbocycles. The van der Waals surface area contributed by atoms with E-state index in [4.69, 9.17) is 5.11 Å². The van der Waals surface area contributed by atoms with Gasteiger partial charge in [-0.15, -0.1) is 0 Å². The zero-order valence-electron chi connectivity index (χ0n) is 12.7. The smallest absolute Gasteiger partial charge is 0.308 e. The van der Waals surface area contributed by atoms with Gasteiger partial charge in [-0.2, -0.15) is 0 Å². The molecule has 0 aromatic rings. The predicted octanol–water partition coefficient (Wildman–Crippen LogP) is 0.957. The summed E-state index contributed by atoms with van der Waals surface area (Å²) in [7, 11) is 0. The van der Waals surface area contributed by atoms with Crippen LogP contribution >= 0.6 is 0 Å². The minimum atomic E-state index is -0.841. The van der Waals surface area contributed by atoms with Gasteiger partial charge < -0.3 is 14.9 Å². The second-order valence-electron chi connectivity index (χ2n) is 6.03. The molecule has 0 aromatic heterocycles. The van der Waals surface area contributed by atoms with E-state index in [0.29, 0.717) is 19.5 Å². The third-order valence-electron chi connectivity index (χ3n) is 4.74. The second-order valence-corrected chi connectivity index (χ2v) is 6.03. The van der Waals surface area contributed by atoms with Crippen LogP contribution in [-0.2, 0) is 14.4 Å². The van der Waals surface area contributed by atoms with Crippen LogP contribution < -0.4 is 0 Å². The van der Waals surface area contributed by atoms with E-state index < -0.39 is 11.9 Å². The van der Waals surface area contributed by atoms with Crippen LogP contribution in [0.4, 0.5) is 0 Å². The van der Waals surface area contributed by atoms with Gasteiger partial charge in [0.05, 0.1) is 11.8 Å². The van der Waals surface area contributed by atoms with Crippen molar-refractivity contribution >= 4 is 17.8 Å². The molecule has 2 saturated heterocycles. The van der Waals surface area contributed by atoms with Gasteiger partial charge in [-0.05, 0) is 19.3 Å². The minimum absolute atomic E-state index is 0.0519. The topological polar surface area (TPSA) is 77.9 Å². The van der Waals surface area contributed by atoms with Crippen LogP contribution in [0.15, 0.2) is 0 Å². The molecule has 0 radical (unpaired) electrons. The third-order valence-corrected chi connectivity index (χ3v) is 4.74. The maximum Gasteiger partial charge on any atom is 0.308 e. The van der Waals surface area contributed by atoms with E-state index >= 15 is 0 Å². The molecular weight excluding hydrogens is 272 g/mol. The van der Waals surface area contributed by atoms with Crippen molar-refractivity contribution in [3.63, 3.8) is 0 Å². The fourth-order valence-electron chi connectivity index (χ4n) is 3.40. The molecule has 0 spiro atoms. The number of rotatable bonds is 5. The first-order valence-electron chi connectivity index (χ1n) is 7.78. The molecule has 21 heavy (non-hydrogen) atoms. The molecule has 0 saturated carbocycles. The fraction of sp³-hybridized carbons (Fsp3) is 0.800. The molecular formula is C15H24N2O4. The summed E-state index contributed by atoms with van der Waals surface area (Å²) in [4.78, 5) is 39.0. The first-order valence-corrected chi connectivity index (χ1v) is 7.78. The summed E-state index contributed by atoms with van der Waals surface area (Å²) < 4.78 is 0. The van der Waals surface area contributed by atoms with Crippen molar-refractivity contribution in [2.75, 3.05) is 19.6 Å². The molecule has 2 atom stereocenters. The molecule has 2 aliphatic rings. The third kappa shape index (κ3) is 3.19. The molecule has 118 valence electrons. The Hall–Kier alpha value is -1.59. The average Bonchev–Trinajstić information content (AvgIpc) is 3.07. The molecule has 2 rings (SSSR count). The molecule has 6 nitrogen and oxygen atoms in total. The van der Waals surface area contributed by atoms with Crippen molar-refractivity contribution in [2.45, 2.75) is 45.6 Å². The normalized spacial score (nSPS) is 26.0. The van der Waals surface area contributed by atoms with Crippen LogP contribution in [0.3, 0.4) is 0 Å². The molecule has 0 bridgehead atoms. The number of nitrogens with zero attached hydrogens (tertiary/aromatic N) is 2. The maximum absolute atomic E-state index is 12.5. The van der Waals surface area contributed by atoms with Gasteiger partial charge in [0.2, 0.25) is 11.8 Å². The van der Waals surface area contributed by atoms with E-state index in [0.717, 1.165) is 12.8 Å². The van der Waals surface area contributed by atoms with Crippen LogP contribution in [0.5, 0.6) is 0 Å². The molecule has 6 heteroatoms. The minimum Gasteiger partial charge on any atom is -0.481 e. The summed E-state index contributed by atoms with van der Waals surface area (Å²) in [5.41, 5.74) is 0. The monoisotopic (exact) mass is 296 g/mol. The quantitative estimate of drug-likeness (QED) is 0.819. The molecule has 2 aliphatic heterocycles. The van der Waals surface area contributed by atoms with Gasteiger partial charge in [-0.1, -0.05) is 13.8 Å². The van der Waals surface area contributed by atoms with Gasteiger partial charge in [0.25, 0.3) is 0 Å². The van der Waals surface area contributed by atoms with Crippen molar-refractivity contribution in [1.29, 1.82) is 0 Å². The summed E-state index contributed by atoms with van der Waals surface area (Å²) in [6.45, 7) is 5.36. The molecule has 2 amide bonds. The van der Waals surface area contributed by atoms with Crippen molar-refractivity contribution in [3.8, 4) is 0 Å². The largest absolute Gasteiger partial charge is 0.481 e. The maximum atomic E-state index is 12.5. The van der Waals surface area contributed by atoms with Gasteiger partial charge in [-0.25, -0.2) is 0 Å². The number of hydrogen-bond donors (Lipinski definition) is 1. The van der Waals surface area contributed by atoms with Gasteiger partial charge in [0, 0.05) is 32.1 Å². The molecule has 1 N–H and O–H groups in total. The van der Waals surface area contributed by atoms with Gasteiger partial charge in [-0.3, -0.25) is 14.4 Å². The molecule has 2 heterocycles. The van der Waals surface area contributed by atoms with E-state index in [1.165, 1.54) is 0 Å². The van der Waals surface area contributed by atoms with Crippen molar-refractivity contribution in [3.05, 3.63) is 0 Å². The zero-order chi connectivity index (χ0) is 15.6. The number of carbonyl (C=O) groups excluding carboxylic acids is 2. The zero-order valence-corrected chi connectivity index (χ0v) is 12.7. The Labute approximate surface area is 125 Å². The average molecular weight is 296 g/mol. The van der Waals surface area contributed by atoms with E-state index in [-0.39, 0.29) is 36.7 Å². The lowest BCUT2D eigenvalue weighted by Crippen LogP contribution is -2.39. The fourth-order valence-corrected chi connectivity index (χ4v) is 3.40. The van der Waals surface area contributed by atoms with E-state index in [1.54, 1.807) is 4.90 Å². The Morgan fingerprint density at radius 2 is 1.90 bits per heavy atom. The summed E-state index contributed by atoms with van der Waals surface area (Å²) in [6, 6.07) is 0.209. The number of carboxylic acids is 1. The summed E-state index contributed by atoms with van der Waals surface area (Å²) in [5.74, 6) is -1.60. The summed E-state index contributed by atoms with van der Waals surface area (Å²) in [5, 5.41) is 9.00. The Morgan fingerprint density at radius 3 is 2.43 bits per heavy atom. The van der Waals surface area contributed by atoms with Gasteiger partial charge in [0.1, 0.15) is 0 Å². The van der Waals surface area contributed by atoms with E-state index in [9.17, 15) is 14.4 Å². The Kier molecular flexibility index (Phi) is 4.85. The van der Waals surface area contributed by atoms with Crippen LogP contribution in [-0.4, -0.2) is 58.4 Å².